The lowest BCUT2D eigenvalue weighted by Crippen LogP contribution is -2.17. The molecule has 0 unspecified atom stereocenters. The summed E-state index contributed by atoms with van der Waals surface area (Å²) in [6, 6.07) is 6.89. The van der Waals surface area contributed by atoms with Gasteiger partial charge in [-0.15, -0.1) is 0 Å². The van der Waals surface area contributed by atoms with Crippen LogP contribution in [0.1, 0.15) is 46.9 Å². The zero-order valence-corrected chi connectivity index (χ0v) is 17.9. The number of halogens is 1. The van der Waals surface area contributed by atoms with Gasteiger partial charge in [0.1, 0.15) is 4.88 Å². The number of hydrogen-bond donors (Lipinski definition) is 2. The number of rotatable bonds is 6. The molecule has 0 radical (unpaired) electrons. The van der Waals surface area contributed by atoms with Gasteiger partial charge in [-0.3, -0.25) is 14.7 Å². The van der Waals surface area contributed by atoms with Crippen molar-refractivity contribution in [2.45, 2.75) is 40.5 Å². The Balaban J connectivity index is 1.86. The number of hydrogen-bond acceptors (Lipinski definition) is 4. The van der Waals surface area contributed by atoms with E-state index in [0.717, 1.165) is 24.1 Å². The van der Waals surface area contributed by atoms with Gasteiger partial charge in [0, 0.05) is 22.0 Å². The maximum absolute atomic E-state index is 12.8. The normalized spacial score (nSPS) is 11.2. The standard InChI is InChI=1S/C20H23ClN4O2S/c1-11(2)5-10-16-12(3)24-25(19(16)27)20-22-13(4)17(28-20)18(26)23-15-8-6-14(21)7-9-15/h6-9,11,24H,5,10H2,1-4H3,(H,23,26). The molecule has 0 aliphatic heterocycles. The van der Waals surface area contributed by atoms with Crippen molar-refractivity contribution in [2.24, 2.45) is 5.92 Å². The van der Waals surface area contributed by atoms with Gasteiger partial charge in [0.15, 0.2) is 0 Å². The molecule has 8 heteroatoms. The number of H-pyrrole nitrogens is 1. The molecule has 2 N–H and O–H groups in total. The molecule has 0 saturated carbocycles. The zero-order valence-electron chi connectivity index (χ0n) is 16.3. The smallest absolute Gasteiger partial charge is 0.276 e. The van der Waals surface area contributed by atoms with Gasteiger partial charge in [0.05, 0.1) is 5.69 Å². The SMILES string of the molecule is Cc1nc(-n2[nH]c(C)c(CCC(C)C)c2=O)sc1C(=O)Nc1ccc(Cl)cc1. The third-order valence-electron chi connectivity index (χ3n) is 4.45. The van der Waals surface area contributed by atoms with Crippen LogP contribution in [0.25, 0.3) is 5.13 Å². The Morgan fingerprint density at radius 2 is 1.96 bits per heavy atom. The lowest BCUT2D eigenvalue weighted by molar-refractivity contribution is 0.103. The third-order valence-corrected chi connectivity index (χ3v) is 5.84. The zero-order chi connectivity index (χ0) is 20.4. The Hall–Kier alpha value is -2.38. The number of aromatic amines is 1. The first kappa shape index (κ1) is 20.4. The molecule has 0 bridgehead atoms. The summed E-state index contributed by atoms with van der Waals surface area (Å²) in [5, 5.41) is 6.99. The lowest BCUT2D eigenvalue weighted by atomic mass is 10.0. The molecule has 0 fully saturated rings. The van der Waals surface area contributed by atoms with Gasteiger partial charge in [-0.25, -0.2) is 4.98 Å². The van der Waals surface area contributed by atoms with Crippen LogP contribution in [0.2, 0.25) is 5.02 Å². The monoisotopic (exact) mass is 418 g/mol. The molecule has 0 aliphatic rings. The van der Waals surface area contributed by atoms with Crippen molar-refractivity contribution >= 4 is 34.5 Å². The molecular weight excluding hydrogens is 396 g/mol. The highest BCUT2D eigenvalue weighted by atomic mass is 35.5. The summed E-state index contributed by atoms with van der Waals surface area (Å²) in [7, 11) is 0. The average Bonchev–Trinajstić information content (AvgIpc) is 3.15. The Kier molecular flexibility index (Phi) is 6.05. The minimum absolute atomic E-state index is 0.100. The minimum Gasteiger partial charge on any atom is -0.321 e. The number of amides is 1. The van der Waals surface area contributed by atoms with E-state index in [9.17, 15) is 9.59 Å². The van der Waals surface area contributed by atoms with Gasteiger partial charge in [-0.2, -0.15) is 4.68 Å². The molecule has 1 aromatic carbocycles. The fraction of sp³-hybridized carbons (Fsp3) is 0.350. The van der Waals surface area contributed by atoms with Crippen LogP contribution in [0.15, 0.2) is 29.1 Å². The van der Waals surface area contributed by atoms with Gasteiger partial charge < -0.3 is 5.32 Å². The molecule has 3 rings (SSSR count). The van der Waals surface area contributed by atoms with Crippen LogP contribution in [0.3, 0.4) is 0 Å². The molecule has 2 heterocycles. The molecule has 148 valence electrons. The predicted molar refractivity (Wildman–Crippen MR) is 114 cm³/mol. The Bertz CT molecular complexity index is 1050. The maximum Gasteiger partial charge on any atom is 0.276 e. The molecule has 0 aliphatic carbocycles. The number of carbonyl (C=O) groups is 1. The highest BCUT2D eigenvalue weighted by molar-refractivity contribution is 7.16. The predicted octanol–water partition coefficient (Wildman–Crippen LogP) is 4.73. The Morgan fingerprint density at radius 3 is 2.61 bits per heavy atom. The topological polar surface area (TPSA) is 79.8 Å². The summed E-state index contributed by atoms with van der Waals surface area (Å²) in [6.45, 7) is 7.92. The van der Waals surface area contributed by atoms with E-state index in [-0.39, 0.29) is 11.5 Å². The van der Waals surface area contributed by atoms with E-state index in [1.807, 2.05) is 6.92 Å². The first-order chi connectivity index (χ1) is 13.3. The fourth-order valence-corrected chi connectivity index (χ4v) is 3.90. The Morgan fingerprint density at radius 1 is 1.29 bits per heavy atom. The average molecular weight is 419 g/mol. The fourth-order valence-electron chi connectivity index (χ4n) is 2.85. The summed E-state index contributed by atoms with van der Waals surface area (Å²) in [5.41, 5.74) is 2.73. The summed E-state index contributed by atoms with van der Waals surface area (Å²) in [5.74, 6) is 0.257. The maximum atomic E-state index is 12.8. The highest BCUT2D eigenvalue weighted by Gasteiger charge is 2.20. The van der Waals surface area contributed by atoms with Crippen molar-refractivity contribution in [3.63, 3.8) is 0 Å². The van der Waals surface area contributed by atoms with Crippen LogP contribution in [-0.4, -0.2) is 20.7 Å². The number of aryl methyl sites for hydroxylation is 2. The molecule has 1 amide bonds. The van der Waals surface area contributed by atoms with E-state index in [1.54, 1.807) is 31.2 Å². The van der Waals surface area contributed by atoms with Gasteiger partial charge in [0.2, 0.25) is 5.13 Å². The van der Waals surface area contributed by atoms with Crippen LogP contribution in [-0.2, 0) is 6.42 Å². The van der Waals surface area contributed by atoms with Crippen molar-refractivity contribution in [3.8, 4) is 5.13 Å². The largest absolute Gasteiger partial charge is 0.321 e. The number of anilines is 1. The van der Waals surface area contributed by atoms with Gasteiger partial charge in [-0.05, 0) is 56.9 Å². The lowest BCUT2D eigenvalue weighted by Gasteiger charge is -2.03. The number of nitrogens with one attached hydrogen (secondary N) is 2. The molecule has 28 heavy (non-hydrogen) atoms. The molecule has 2 aromatic heterocycles. The quantitative estimate of drug-likeness (QED) is 0.607. The van der Waals surface area contributed by atoms with Crippen LogP contribution < -0.4 is 10.9 Å². The van der Waals surface area contributed by atoms with E-state index >= 15 is 0 Å². The van der Waals surface area contributed by atoms with Crippen LogP contribution in [0, 0.1) is 19.8 Å². The van der Waals surface area contributed by atoms with Gasteiger partial charge >= 0.3 is 0 Å². The molecule has 0 atom stereocenters. The molecule has 3 aromatic rings. The second kappa shape index (κ2) is 8.32. The van der Waals surface area contributed by atoms with Gasteiger partial charge in [0.25, 0.3) is 11.5 Å². The van der Waals surface area contributed by atoms with E-state index in [1.165, 1.54) is 16.0 Å². The van der Waals surface area contributed by atoms with Crippen LogP contribution >= 0.6 is 22.9 Å². The summed E-state index contributed by atoms with van der Waals surface area (Å²) in [6.07, 6.45) is 1.67. The van der Waals surface area contributed by atoms with E-state index in [4.69, 9.17) is 11.6 Å². The minimum atomic E-state index is -0.264. The summed E-state index contributed by atoms with van der Waals surface area (Å²) >= 11 is 7.06. The van der Waals surface area contributed by atoms with Gasteiger partial charge in [-0.1, -0.05) is 36.8 Å². The van der Waals surface area contributed by atoms with E-state index in [2.05, 4.69) is 29.2 Å². The molecule has 0 spiro atoms. The first-order valence-electron chi connectivity index (χ1n) is 9.11. The van der Waals surface area contributed by atoms with E-state index in [0.29, 0.717) is 32.3 Å². The second-order valence-corrected chi connectivity index (χ2v) is 8.57. The van der Waals surface area contributed by atoms with Crippen LogP contribution in [0.4, 0.5) is 5.69 Å². The number of aromatic nitrogens is 3. The number of thiazole rings is 1. The third kappa shape index (κ3) is 4.36. The molecular formula is C20H23ClN4O2S. The molecule has 6 nitrogen and oxygen atoms in total. The highest BCUT2D eigenvalue weighted by Crippen LogP contribution is 2.23. The van der Waals surface area contributed by atoms with Crippen molar-refractivity contribution in [1.82, 2.24) is 14.8 Å². The number of benzene rings is 1. The van der Waals surface area contributed by atoms with E-state index < -0.39 is 0 Å². The Labute approximate surface area is 172 Å². The van der Waals surface area contributed by atoms with Crippen LogP contribution in [0.5, 0.6) is 0 Å². The summed E-state index contributed by atoms with van der Waals surface area (Å²) in [4.78, 5) is 30.3. The van der Waals surface area contributed by atoms with Crippen molar-refractivity contribution < 1.29 is 4.79 Å². The van der Waals surface area contributed by atoms with Crippen molar-refractivity contribution in [3.05, 3.63) is 61.5 Å². The number of nitrogens with zero attached hydrogens (tertiary/aromatic N) is 2. The molecule has 0 saturated heterocycles. The van der Waals surface area contributed by atoms with Crippen molar-refractivity contribution in [1.29, 1.82) is 0 Å². The first-order valence-corrected chi connectivity index (χ1v) is 10.3. The van der Waals surface area contributed by atoms with Crippen molar-refractivity contribution in [2.75, 3.05) is 5.32 Å². The summed E-state index contributed by atoms with van der Waals surface area (Å²) < 4.78 is 1.43. The second-order valence-electron chi connectivity index (χ2n) is 7.16. The number of carbonyl (C=O) groups excluding carboxylic acids is 1.